The Bertz CT molecular complexity index is 949. The zero-order valence-electron chi connectivity index (χ0n) is 17.4. The third-order valence-electron chi connectivity index (χ3n) is 6.06. The highest BCUT2D eigenvalue weighted by molar-refractivity contribution is 6.01. The van der Waals surface area contributed by atoms with Crippen molar-refractivity contribution in [2.75, 3.05) is 30.3 Å². The molecule has 6 nitrogen and oxygen atoms in total. The maximum absolute atomic E-state index is 12.5. The summed E-state index contributed by atoms with van der Waals surface area (Å²) < 4.78 is 0. The van der Waals surface area contributed by atoms with Crippen LogP contribution in [-0.4, -0.2) is 47.4 Å². The van der Waals surface area contributed by atoms with Gasteiger partial charge in [-0.3, -0.25) is 14.5 Å². The van der Waals surface area contributed by atoms with Gasteiger partial charge in [-0.1, -0.05) is 17.7 Å². The maximum atomic E-state index is 12.5. The predicted molar refractivity (Wildman–Crippen MR) is 118 cm³/mol. The number of hydrogen-bond donors (Lipinski definition) is 3. The van der Waals surface area contributed by atoms with Crippen molar-refractivity contribution in [3.05, 3.63) is 58.7 Å². The second-order valence-corrected chi connectivity index (χ2v) is 8.36. The van der Waals surface area contributed by atoms with E-state index in [0.29, 0.717) is 19.0 Å². The normalized spacial score (nSPS) is 17.1. The second kappa shape index (κ2) is 8.98. The molecular formula is C24H29N3O3. The molecular weight excluding hydrogens is 378 g/mol. The van der Waals surface area contributed by atoms with Crippen LogP contribution in [0.4, 0.5) is 11.4 Å². The number of carbonyl (C=O) groups is 2. The average Bonchev–Trinajstić information content (AvgIpc) is 3.10. The van der Waals surface area contributed by atoms with Gasteiger partial charge >= 0.3 is 0 Å². The highest BCUT2D eigenvalue weighted by atomic mass is 16.3. The van der Waals surface area contributed by atoms with E-state index >= 15 is 0 Å². The molecule has 6 heteroatoms. The summed E-state index contributed by atoms with van der Waals surface area (Å²) in [7, 11) is 0. The van der Waals surface area contributed by atoms with Crippen molar-refractivity contribution in [3.8, 4) is 0 Å². The zero-order valence-corrected chi connectivity index (χ0v) is 17.4. The molecule has 2 aromatic rings. The minimum absolute atomic E-state index is 0.0215. The molecule has 3 N–H and O–H groups in total. The summed E-state index contributed by atoms with van der Waals surface area (Å²) in [5, 5.41) is 16.1. The lowest BCUT2D eigenvalue weighted by Gasteiger charge is -2.32. The molecule has 1 aliphatic heterocycles. The lowest BCUT2D eigenvalue weighted by molar-refractivity contribution is -0.117. The van der Waals surface area contributed by atoms with E-state index < -0.39 is 0 Å². The Hall–Kier alpha value is -2.70. The highest BCUT2D eigenvalue weighted by Gasteiger charge is 2.22. The summed E-state index contributed by atoms with van der Waals surface area (Å²) in [6.45, 7) is 4.12. The quantitative estimate of drug-likeness (QED) is 0.685. The number of carbonyl (C=O) groups excluding carboxylic acids is 2. The van der Waals surface area contributed by atoms with Crippen LogP contribution in [0.5, 0.6) is 0 Å². The minimum atomic E-state index is -0.0215. The van der Waals surface area contributed by atoms with E-state index in [1.807, 2.05) is 37.3 Å². The Morgan fingerprint density at radius 3 is 2.70 bits per heavy atom. The fraction of sp³-hybridized carbons (Fsp3) is 0.417. The van der Waals surface area contributed by atoms with Gasteiger partial charge in [-0.25, -0.2) is 0 Å². The SMILES string of the molecule is Cc1ccc(NC2CCN(CC(=O)Nc3ccc4c(c3)CCC4=O)CC2)c(CO)c1. The highest BCUT2D eigenvalue weighted by Crippen LogP contribution is 2.25. The summed E-state index contributed by atoms with van der Waals surface area (Å²) in [6, 6.07) is 12.0. The Balaban J connectivity index is 1.26. The summed E-state index contributed by atoms with van der Waals surface area (Å²) in [4.78, 5) is 26.4. The summed E-state index contributed by atoms with van der Waals surface area (Å²) in [5.74, 6) is 0.169. The number of hydrogen-bond acceptors (Lipinski definition) is 5. The molecule has 0 unspecified atom stereocenters. The molecule has 30 heavy (non-hydrogen) atoms. The Morgan fingerprint density at radius 1 is 1.13 bits per heavy atom. The van der Waals surface area contributed by atoms with Gasteiger partial charge in [-0.2, -0.15) is 0 Å². The van der Waals surface area contributed by atoms with Gasteiger partial charge in [0.1, 0.15) is 0 Å². The van der Waals surface area contributed by atoms with E-state index in [1.54, 1.807) is 0 Å². The number of benzene rings is 2. The van der Waals surface area contributed by atoms with Gasteiger partial charge in [-0.15, -0.1) is 0 Å². The van der Waals surface area contributed by atoms with Crippen molar-refractivity contribution in [1.82, 2.24) is 4.90 Å². The third kappa shape index (κ3) is 4.71. The summed E-state index contributed by atoms with van der Waals surface area (Å²) in [5.41, 5.74) is 5.65. The minimum Gasteiger partial charge on any atom is -0.392 e. The third-order valence-corrected chi connectivity index (χ3v) is 6.06. The van der Waals surface area contributed by atoms with E-state index in [4.69, 9.17) is 0 Å². The number of aryl methyl sites for hydroxylation is 2. The first kappa shape index (κ1) is 20.6. The molecule has 0 atom stereocenters. The molecule has 0 radical (unpaired) electrons. The standard InChI is InChI=1S/C24H29N3O3/c1-16-2-6-22(18(12-16)15-28)25-19-8-10-27(11-9-19)14-24(30)26-20-4-5-21-17(13-20)3-7-23(21)29/h2,4-6,12-13,19,25,28H,3,7-11,14-15H2,1H3,(H,26,30). The molecule has 0 spiro atoms. The molecule has 2 aliphatic rings. The Morgan fingerprint density at radius 2 is 1.93 bits per heavy atom. The molecule has 1 fully saturated rings. The number of fused-ring (bicyclic) bond motifs is 1. The molecule has 0 bridgehead atoms. The van der Waals surface area contributed by atoms with E-state index in [9.17, 15) is 14.7 Å². The van der Waals surface area contributed by atoms with Crippen LogP contribution in [0.2, 0.25) is 0 Å². The van der Waals surface area contributed by atoms with Gasteiger partial charge in [-0.05, 0) is 56.0 Å². The van der Waals surface area contributed by atoms with Gasteiger partial charge in [0.25, 0.3) is 0 Å². The Kier molecular flexibility index (Phi) is 6.16. The smallest absolute Gasteiger partial charge is 0.238 e. The van der Waals surface area contributed by atoms with Gasteiger partial charge in [0.15, 0.2) is 5.78 Å². The van der Waals surface area contributed by atoms with Crippen LogP contribution in [0.25, 0.3) is 0 Å². The Labute approximate surface area is 177 Å². The fourth-order valence-corrected chi connectivity index (χ4v) is 4.39. The molecule has 2 aromatic carbocycles. The number of aliphatic hydroxyl groups excluding tert-OH is 1. The first-order valence-corrected chi connectivity index (χ1v) is 10.7. The molecule has 1 saturated heterocycles. The lowest BCUT2D eigenvalue weighted by Crippen LogP contribution is -2.42. The first-order valence-electron chi connectivity index (χ1n) is 10.7. The van der Waals surface area contributed by atoms with Crippen LogP contribution in [0.15, 0.2) is 36.4 Å². The fourth-order valence-electron chi connectivity index (χ4n) is 4.39. The number of piperidine rings is 1. The molecule has 1 aliphatic carbocycles. The lowest BCUT2D eigenvalue weighted by atomic mass is 10.0. The molecule has 0 aromatic heterocycles. The number of Topliss-reactive ketones (excluding diaryl/α,β-unsaturated/α-hetero) is 1. The number of nitrogens with zero attached hydrogens (tertiary/aromatic N) is 1. The van der Waals surface area contributed by atoms with Crippen molar-refractivity contribution in [3.63, 3.8) is 0 Å². The van der Waals surface area contributed by atoms with Gasteiger partial charge in [0.2, 0.25) is 5.91 Å². The topological polar surface area (TPSA) is 81.7 Å². The second-order valence-electron chi connectivity index (χ2n) is 8.36. The van der Waals surface area contributed by atoms with Crippen molar-refractivity contribution < 1.29 is 14.7 Å². The number of amides is 1. The van der Waals surface area contributed by atoms with Crippen LogP contribution in [0, 0.1) is 6.92 Å². The van der Waals surface area contributed by atoms with E-state index in [2.05, 4.69) is 21.6 Å². The van der Waals surface area contributed by atoms with Crippen LogP contribution in [0.3, 0.4) is 0 Å². The zero-order chi connectivity index (χ0) is 21.1. The van der Waals surface area contributed by atoms with Crippen molar-refractivity contribution in [1.29, 1.82) is 0 Å². The number of ketones is 1. The van der Waals surface area contributed by atoms with Gasteiger partial charge in [0, 0.05) is 48.1 Å². The van der Waals surface area contributed by atoms with Crippen molar-refractivity contribution >= 4 is 23.1 Å². The number of rotatable bonds is 6. The number of nitrogens with one attached hydrogen (secondary N) is 2. The average molecular weight is 408 g/mol. The van der Waals surface area contributed by atoms with Crippen LogP contribution in [-0.2, 0) is 17.8 Å². The predicted octanol–water partition coefficient (Wildman–Crippen LogP) is 3.13. The monoisotopic (exact) mass is 407 g/mol. The summed E-state index contributed by atoms with van der Waals surface area (Å²) in [6.07, 6.45) is 3.23. The van der Waals surface area contributed by atoms with Crippen LogP contribution in [0.1, 0.15) is 46.3 Å². The first-order chi connectivity index (χ1) is 14.5. The van der Waals surface area contributed by atoms with E-state index in [0.717, 1.165) is 66.0 Å². The summed E-state index contributed by atoms with van der Waals surface area (Å²) >= 11 is 0. The molecule has 1 amide bonds. The molecule has 1 heterocycles. The van der Waals surface area contributed by atoms with Crippen LogP contribution < -0.4 is 10.6 Å². The van der Waals surface area contributed by atoms with Gasteiger partial charge < -0.3 is 15.7 Å². The van der Waals surface area contributed by atoms with Crippen molar-refractivity contribution in [2.45, 2.75) is 45.3 Å². The molecule has 158 valence electrons. The number of aliphatic hydroxyl groups is 1. The van der Waals surface area contributed by atoms with Crippen LogP contribution >= 0.6 is 0 Å². The number of likely N-dealkylation sites (tertiary alicyclic amines) is 1. The maximum Gasteiger partial charge on any atom is 0.238 e. The van der Waals surface area contributed by atoms with E-state index in [-0.39, 0.29) is 18.3 Å². The van der Waals surface area contributed by atoms with Crippen molar-refractivity contribution in [2.24, 2.45) is 0 Å². The molecule has 4 rings (SSSR count). The largest absolute Gasteiger partial charge is 0.392 e. The van der Waals surface area contributed by atoms with Gasteiger partial charge in [0.05, 0.1) is 13.2 Å². The number of anilines is 2. The molecule has 0 saturated carbocycles. The van der Waals surface area contributed by atoms with E-state index in [1.165, 1.54) is 0 Å².